The van der Waals surface area contributed by atoms with Crippen LogP contribution in [-0.2, 0) is 22.0 Å². The second-order valence-electron chi connectivity index (χ2n) is 9.83. The lowest BCUT2D eigenvalue weighted by Gasteiger charge is -2.38. The van der Waals surface area contributed by atoms with Crippen LogP contribution in [0.15, 0.2) is 59.5 Å². The zero-order valence-corrected chi connectivity index (χ0v) is 19.2. The summed E-state index contributed by atoms with van der Waals surface area (Å²) in [7, 11) is -3.42. The highest BCUT2D eigenvalue weighted by molar-refractivity contribution is 7.89. The van der Waals surface area contributed by atoms with Crippen LogP contribution in [0.3, 0.4) is 0 Å². The third-order valence-corrected chi connectivity index (χ3v) is 8.39. The van der Waals surface area contributed by atoms with E-state index in [0.717, 1.165) is 45.3 Å². The zero-order chi connectivity index (χ0) is 21.4. The van der Waals surface area contributed by atoms with E-state index in [1.165, 1.54) is 11.1 Å². The summed E-state index contributed by atoms with van der Waals surface area (Å²) in [5, 5.41) is 0. The molecule has 162 valence electrons. The van der Waals surface area contributed by atoms with Gasteiger partial charge in [0.15, 0.2) is 0 Å². The fourth-order valence-corrected chi connectivity index (χ4v) is 6.39. The van der Waals surface area contributed by atoms with Crippen LogP contribution in [0.2, 0.25) is 0 Å². The van der Waals surface area contributed by atoms with Crippen LogP contribution in [-0.4, -0.2) is 42.8 Å². The summed E-state index contributed by atoms with van der Waals surface area (Å²) in [5.41, 5.74) is 2.86. The molecule has 1 aliphatic carbocycles. The molecule has 30 heavy (non-hydrogen) atoms. The van der Waals surface area contributed by atoms with Crippen LogP contribution in [0.25, 0.3) is 0 Å². The predicted octanol–water partition coefficient (Wildman–Crippen LogP) is 4.80. The molecule has 1 heterocycles. The van der Waals surface area contributed by atoms with Crippen molar-refractivity contribution in [2.24, 2.45) is 0 Å². The maximum atomic E-state index is 13.3. The number of sulfonamides is 1. The fraction of sp³-hybridized carbons (Fsp3) is 0.520. The molecule has 4 rings (SSSR count). The number of likely N-dealkylation sites (tertiary alicyclic amines) is 1. The van der Waals surface area contributed by atoms with E-state index in [1.54, 1.807) is 12.1 Å². The highest BCUT2D eigenvalue weighted by Gasteiger charge is 2.43. The van der Waals surface area contributed by atoms with Crippen LogP contribution < -0.4 is 0 Å². The summed E-state index contributed by atoms with van der Waals surface area (Å²) >= 11 is 0. The van der Waals surface area contributed by atoms with E-state index >= 15 is 0 Å². The van der Waals surface area contributed by atoms with E-state index in [9.17, 15) is 8.42 Å². The summed E-state index contributed by atoms with van der Waals surface area (Å²) < 4.78 is 28.5. The van der Waals surface area contributed by atoms with Gasteiger partial charge in [-0.1, -0.05) is 63.2 Å². The van der Waals surface area contributed by atoms with Crippen molar-refractivity contribution in [3.8, 4) is 0 Å². The smallest absolute Gasteiger partial charge is 0.243 e. The monoisotopic (exact) mass is 426 g/mol. The van der Waals surface area contributed by atoms with Gasteiger partial charge in [-0.05, 0) is 54.4 Å². The van der Waals surface area contributed by atoms with Crippen molar-refractivity contribution in [3.05, 3.63) is 65.7 Å². The van der Waals surface area contributed by atoms with Gasteiger partial charge in [-0.2, -0.15) is 4.31 Å². The molecular formula is C25H34N2O2S. The minimum absolute atomic E-state index is 0.113. The van der Waals surface area contributed by atoms with Crippen molar-refractivity contribution >= 4 is 10.0 Å². The SMILES string of the molecule is CC(C)(C)c1ccc(CN2CCC(N(C3CC3)S(=O)(=O)c3ccccc3)CC2)cc1. The number of nitrogens with zero attached hydrogens (tertiary/aromatic N) is 2. The Morgan fingerprint density at radius 1 is 0.867 bits per heavy atom. The summed E-state index contributed by atoms with van der Waals surface area (Å²) in [6.45, 7) is 9.54. The minimum atomic E-state index is -3.42. The summed E-state index contributed by atoms with van der Waals surface area (Å²) in [4.78, 5) is 2.89. The molecule has 2 aromatic carbocycles. The molecule has 0 aromatic heterocycles. The molecular weight excluding hydrogens is 392 g/mol. The number of hydrogen-bond acceptors (Lipinski definition) is 3. The van der Waals surface area contributed by atoms with Crippen molar-refractivity contribution < 1.29 is 8.42 Å². The van der Waals surface area contributed by atoms with Gasteiger partial charge in [-0.15, -0.1) is 0 Å². The first-order valence-electron chi connectivity index (χ1n) is 11.2. The third-order valence-electron chi connectivity index (χ3n) is 6.37. The van der Waals surface area contributed by atoms with Crippen molar-refractivity contribution in [1.82, 2.24) is 9.21 Å². The molecule has 0 radical (unpaired) electrons. The molecule has 1 saturated carbocycles. The number of benzene rings is 2. The molecule has 0 bridgehead atoms. The van der Waals surface area contributed by atoms with Crippen molar-refractivity contribution in [3.63, 3.8) is 0 Å². The lowest BCUT2D eigenvalue weighted by atomic mass is 9.86. The third kappa shape index (κ3) is 4.79. The first-order chi connectivity index (χ1) is 14.2. The number of piperidine rings is 1. The normalized spacial score (nSPS) is 19.3. The first-order valence-corrected chi connectivity index (χ1v) is 12.6. The Hall–Kier alpha value is -1.69. The molecule has 2 fully saturated rings. The second kappa shape index (κ2) is 8.45. The van der Waals surface area contributed by atoms with Crippen molar-refractivity contribution in [2.45, 2.75) is 75.4 Å². The largest absolute Gasteiger partial charge is 0.299 e. The molecule has 2 aliphatic rings. The molecule has 5 heteroatoms. The standard InChI is InChI=1S/C25H34N2O2S/c1-25(2,3)21-11-9-20(10-12-21)19-26-17-15-23(16-18-26)27(22-13-14-22)30(28,29)24-7-5-4-6-8-24/h4-12,22-23H,13-19H2,1-3H3. The Morgan fingerprint density at radius 3 is 1.97 bits per heavy atom. The van der Waals surface area contributed by atoms with Crippen LogP contribution in [0.1, 0.15) is 57.6 Å². The van der Waals surface area contributed by atoms with Crippen molar-refractivity contribution in [2.75, 3.05) is 13.1 Å². The molecule has 0 N–H and O–H groups in total. The molecule has 1 saturated heterocycles. The van der Waals surface area contributed by atoms with Gasteiger partial charge in [-0.25, -0.2) is 8.42 Å². The van der Waals surface area contributed by atoms with Crippen LogP contribution in [0, 0.1) is 0 Å². The minimum Gasteiger partial charge on any atom is -0.299 e. The maximum absolute atomic E-state index is 13.3. The van der Waals surface area contributed by atoms with Gasteiger partial charge in [-0.3, -0.25) is 4.90 Å². The quantitative estimate of drug-likeness (QED) is 0.666. The van der Waals surface area contributed by atoms with E-state index < -0.39 is 10.0 Å². The topological polar surface area (TPSA) is 40.6 Å². The molecule has 2 aromatic rings. The predicted molar refractivity (Wildman–Crippen MR) is 122 cm³/mol. The van der Waals surface area contributed by atoms with Gasteiger partial charge in [0.05, 0.1) is 4.90 Å². The molecule has 0 amide bonds. The van der Waals surface area contributed by atoms with Gasteiger partial charge in [0.2, 0.25) is 10.0 Å². The van der Waals surface area contributed by atoms with Gasteiger partial charge >= 0.3 is 0 Å². The average Bonchev–Trinajstić information content (AvgIpc) is 3.55. The molecule has 4 nitrogen and oxygen atoms in total. The molecule has 0 spiro atoms. The van der Waals surface area contributed by atoms with Crippen LogP contribution in [0.4, 0.5) is 0 Å². The summed E-state index contributed by atoms with van der Waals surface area (Å²) in [6, 6.07) is 18.2. The van der Waals surface area contributed by atoms with E-state index in [4.69, 9.17) is 0 Å². The zero-order valence-electron chi connectivity index (χ0n) is 18.4. The van der Waals surface area contributed by atoms with Gasteiger partial charge in [0.1, 0.15) is 0 Å². The van der Waals surface area contributed by atoms with Crippen molar-refractivity contribution in [1.29, 1.82) is 0 Å². The highest BCUT2D eigenvalue weighted by atomic mass is 32.2. The first kappa shape index (κ1) is 21.5. The van der Waals surface area contributed by atoms with E-state index in [-0.39, 0.29) is 17.5 Å². The van der Waals surface area contributed by atoms with Gasteiger partial charge < -0.3 is 0 Å². The molecule has 1 aliphatic heterocycles. The Morgan fingerprint density at radius 2 is 1.43 bits per heavy atom. The Labute approximate surface area is 182 Å². The highest BCUT2D eigenvalue weighted by Crippen LogP contribution is 2.36. The number of rotatable bonds is 6. The van der Waals surface area contributed by atoms with Crippen LogP contribution >= 0.6 is 0 Å². The maximum Gasteiger partial charge on any atom is 0.243 e. The molecule has 0 atom stereocenters. The average molecular weight is 427 g/mol. The summed E-state index contributed by atoms with van der Waals surface area (Å²) in [5.74, 6) is 0. The number of hydrogen-bond donors (Lipinski definition) is 0. The van der Waals surface area contributed by atoms with E-state index in [2.05, 4.69) is 49.9 Å². The Kier molecular flexibility index (Phi) is 6.06. The summed E-state index contributed by atoms with van der Waals surface area (Å²) in [6.07, 6.45) is 3.80. The van der Waals surface area contributed by atoms with Gasteiger partial charge in [0.25, 0.3) is 0 Å². The Bertz CT molecular complexity index is 937. The lowest BCUT2D eigenvalue weighted by Crippen LogP contribution is -2.48. The fourth-order valence-electron chi connectivity index (χ4n) is 4.43. The second-order valence-corrected chi connectivity index (χ2v) is 11.7. The van der Waals surface area contributed by atoms with E-state index in [0.29, 0.717) is 4.90 Å². The van der Waals surface area contributed by atoms with Crippen LogP contribution in [0.5, 0.6) is 0 Å². The Balaban J connectivity index is 1.40. The van der Waals surface area contributed by atoms with Gasteiger partial charge in [0, 0.05) is 31.7 Å². The lowest BCUT2D eigenvalue weighted by molar-refractivity contribution is 0.150. The van der Waals surface area contributed by atoms with E-state index in [1.807, 2.05) is 22.5 Å². The molecule has 0 unspecified atom stereocenters.